The Balaban J connectivity index is 1.32. The first kappa shape index (κ1) is 18.0. The fraction of sp³-hybridized carbons (Fsp3) is 0.478. The molecule has 2 heterocycles. The number of anilines is 1. The van der Waals surface area contributed by atoms with Crippen LogP contribution >= 0.6 is 0 Å². The second kappa shape index (κ2) is 7.71. The van der Waals surface area contributed by atoms with Gasteiger partial charge < -0.3 is 14.4 Å². The number of benzene rings is 1. The van der Waals surface area contributed by atoms with Crippen LogP contribution in [0, 0.1) is 0 Å². The van der Waals surface area contributed by atoms with Gasteiger partial charge in [-0.15, -0.1) is 0 Å². The molecule has 142 valence electrons. The summed E-state index contributed by atoms with van der Waals surface area (Å²) in [5.41, 5.74) is 2.57. The number of hydrogen-bond acceptors (Lipinski definition) is 4. The van der Waals surface area contributed by atoms with Crippen LogP contribution in [0.25, 0.3) is 0 Å². The zero-order valence-corrected chi connectivity index (χ0v) is 16.2. The highest BCUT2D eigenvalue weighted by atomic mass is 16.5. The van der Waals surface area contributed by atoms with E-state index in [1.807, 2.05) is 18.3 Å². The maximum absolute atomic E-state index is 11.3. The topological polar surface area (TPSA) is 42.4 Å². The molecule has 1 unspecified atom stereocenters. The molecule has 27 heavy (non-hydrogen) atoms. The van der Waals surface area contributed by atoms with Crippen LogP contribution in [-0.4, -0.2) is 30.0 Å². The summed E-state index contributed by atoms with van der Waals surface area (Å²) < 4.78 is 6.18. The average molecular weight is 364 g/mol. The molecule has 2 aliphatic rings. The van der Waals surface area contributed by atoms with E-state index >= 15 is 0 Å². The quantitative estimate of drug-likeness (QED) is 0.714. The fourth-order valence-corrected chi connectivity index (χ4v) is 3.89. The molecule has 4 heteroatoms. The number of carbonyl (C=O) groups excluding carboxylic acids is 1. The Hall–Kier alpha value is -2.36. The number of hydrogen-bond donors (Lipinski definition) is 0. The summed E-state index contributed by atoms with van der Waals surface area (Å²) in [5.74, 6) is 3.19. The minimum absolute atomic E-state index is 0.190. The van der Waals surface area contributed by atoms with Crippen LogP contribution in [0.2, 0.25) is 0 Å². The predicted molar refractivity (Wildman–Crippen MR) is 108 cm³/mol. The van der Waals surface area contributed by atoms with Crippen molar-refractivity contribution in [2.24, 2.45) is 0 Å². The molecule has 1 aromatic carbocycles. The van der Waals surface area contributed by atoms with Gasteiger partial charge in [0.25, 0.3) is 0 Å². The van der Waals surface area contributed by atoms with Crippen molar-refractivity contribution in [2.45, 2.75) is 57.5 Å². The third-order valence-corrected chi connectivity index (χ3v) is 5.63. The van der Waals surface area contributed by atoms with E-state index in [0.717, 1.165) is 37.0 Å². The number of ketones is 1. The lowest BCUT2D eigenvalue weighted by Crippen LogP contribution is -2.25. The van der Waals surface area contributed by atoms with Crippen molar-refractivity contribution >= 4 is 11.6 Å². The van der Waals surface area contributed by atoms with Crippen LogP contribution in [0.5, 0.6) is 5.75 Å². The Kier molecular flexibility index (Phi) is 5.15. The first-order chi connectivity index (χ1) is 13.1. The first-order valence-electron chi connectivity index (χ1n) is 10.1. The van der Waals surface area contributed by atoms with Gasteiger partial charge in [0.1, 0.15) is 23.5 Å². The molecule has 2 fully saturated rings. The van der Waals surface area contributed by atoms with Crippen LogP contribution in [0.1, 0.15) is 62.5 Å². The second-order valence-corrected chi connectivity index (χ2v) is 8.07. The van der Waals surface area contributed by atoms with Crippen molar-refractivity contribution in [1.82, 2.24) is 4.98 Å². The molecule has 0 spiro atoms. The molecule has 0 radical (unpaired) electrons. The summed E-state index contributed by atoms with van der Waals surface area (Å²) in [6.07, 6.45) is 6.46. The number of rotatable bonds is 7. The Bertz CT molecular complexity index is 781. The summed E-state index contributed by atoms with van der Waals surface area (Å²) in [6, 6.07) is 12.6. The van der Waals surface area contributed by atoms with E-state index in [2.05, 4.69) is 41.1 Å². The highest BCUT2D eigenvalue weighted by Crippen LogP contribution is 2.40. The first-order valence-corrected chi connectivity index (χ1v) is 10.1. The number of aromatic nitrogens is 1. The SMILES string of the molecule is CC(=O)C[C@@H](C)c1ccc(OC2CCN(c3ccc(C4CC4)cn3)C2)cc1. The molecule has 4 nitrogen and oxygen atoms in total. The molecular formula is C23H28N2O2. The van der Waals surface area contributed by atoms with Crippen molar-refractivity contribution in [1.29, 1.82) is 0 Å². The van der Waals surface area contributed by atoms with Crippen LogP contribution in [0.4, 0.5) is 5.82 Å². The molecule has 1 aliphatic carbocycles. The number of pyridine rings is 1. The normalized spacial score (nSPS) is 20.5. The smallest absolute Gasteiger partial charge is 0.130 e. The van der Waals surface area contributed by atoms with Gasteiger partial charge in [-0.3, -0.25) is 0 Å². The highest BCUT2D eigenvalue weighted by Gasteiger charge is 2.27. The molecule has 0 amide bonds. The van der Waals surface area contributed by atoms with Gasteiger partial charge in [-0.1, -0.05) is 25.1 Å². The highest BCUT2D eigenvalue weighted by molar-refractivity contribution is 5.76. The molecule has 1 saturated heterocycles. The molecule has 2 atom stereocenters. The molecule has 1 aliphatic heterocycles. The summed E-state index contributed by atoms with van der Waals surface area (Å²) in [4.78, 5) is 18.3. The Labute approximate surface area is 161 Å². The molecule has 1 saturated carbocycles. The number of ether oxygens (including phenoxy) is 1. The van der Waals surface area contributed by atoms with Crippen molar-refractivity contribution in [3.63, 3.8) is 0 Å². The van der Waals surface area contributed by atoms with E-state index in [1.54, 1.807) is 6.92 Å². The van der Waals surface area contributed by atoms with Crippen LogP contribution in [0.3, 0.4) is 0 Å². The van der Waals surface area contributed by atoms with Crippen LogP contribution in [0.15, 0.2) is 42.6 Å². The fourth-order valence-electron chi connectivity index (χ4n) is 3.89. The monoisotopic (exact) mass is 364 g/mol. The van der Waals surface area contributed by atoms with Gasteiger partial charge in [-0.05, 0) is 60.9 Å². The van der Waals surface area contributed by atoms with E-state index < -0.39 is 0 Å². The van der Waals surface area contributed by atoms with Crippen molar-refractivity contribution in [3.8, 4) is 5.75 Å². The Morgan fingerprint density at radius 2 is 1.96 bits per heavy atom. The van der Waals surface area contributed by atoms with Gasteiger partial charge in [0.05, 0.1) is 6.54 Å². The van der Waals surface area contributed by atoms with Crippen molar-refractivity contribution < 1.29 is 9.53 Å². The van der Waals surface area contributed by atoms with Crippen molar-refractivity contribution in [3.05, 3.63) is 53.7 Å². The van der Waals surface area contributed by atoms with E-state index in [4.69, 9.17) is 4.74 Å². The lowest BCUT2D eigenvalue weighted by molar-refractivity contribution is -0.117. The Morgan fingerprint density at radius 1 is 1.19 bits per heavy atom. The number of nitrogens with zero attached hydrogens (tertiary/aromatic N) is 2. The maximum atomic E-state index is 11.3. The Morgan fingerprint density at radius 3 is 2.59 bits per heavy atom. The van der Waals surface area contributed by atoms with E-state index in [-0.39, 0.29) is 17.8 Å². The van der Waals surface area contributed by atoms with E-state index in [0.29, 0.717) is 6.42 Å². The van der Waals surface area contributed by atoms with Gasteiger partial charge in [0.15, 0.2) is 0 Å². The average Bonchev–Trinajstić information content (AvgIpc) is 3.41. The molecule has 0 N–H and O–H groups in total. The number of Topliss-reactive ketones (excluding diaryl/α,β-unsaturated/α-hetero) is 1. The minimum atomic E-state index is 0.190. The molecule has 0 bridgehead atoms. The second-order valence-electron chi connectivity index (χ2n) is 8.07. The third kappa shape index (κ3) is 4.49. The minimum Gasteiger partial charge on any atom is -0.489 e. The van der Waals surface area contributed by atoms with Crippen LogP contribution < -0.4 is 9.64 Å². The molecule has 4 rings (SSSR count). The zero-order valence-electron chi connectivity index (χ0n) is 16.2. The summed E-state index contributed by atoms with van der Waals surface area (Å²) in [7, 11) is 0. The lowest BCUT2D eigenvalue weighted by Gasteiger charge is -2.18. The molecule has 2 aromatic rings. The number of carbonyl (C=O) groups is 1. The van der Waals surface area contributed by atoms with Gasteiger partial charge in [0.2, 0.25) is 0 Å². The van der Waals surface area contributed by atoms with Crippen molar-refractivity contribution in [2.75, 3.05) is 18.0 Å². The molecule has 1 aromatic heterocycles. The standard InChI is InChI=1S/C23H28N2O2/c1-16(13-17(2)26)18-5-8-21(9-6-18)27-22-11-12-25(15-22)23-10-7-20(14-24-23)19-3-4-19/h5-10,14,16,19,22H,3-4,11-13,15H2,1-2H3/t16-,22?/m1/s1. The summed E-state index contributed by atoms with van der Waals surface area (Å²) in [6.45, 7) is 5.59. The maximum Gasteiger partial charge on any atom is 0.130 e. The van der Waals surface area contributed by atoms with E-state index in [9.17, 15) is 4.79 Å². The largest absolute Gasteiger partial charge is 0.489 e. The van der Waals surface area contributed by atoms with Gasteiger partial charge in [0, 0.05) is 25.6 Å². The lowest BCUT2D eigenvalue weighted by atomic mass is 9.96. The van der Waals surface area contributed by atoms with Gasteiger partial charge in [-0.2, -0.15) is 0 Å². The zero-order chi connectivity index (χ0) is 18.8. The predicted octanol–water partition coefficient (Wildman–Crippen LogP) is 4.70. The van der Waals surface area contributed by atoms with Gasteiger partial charge >= 0.3 is 0 Å². The third-order valence-electron chi connectivity index (χ3n) is 5.63. The molecular weight excluding hydrogens is 336 g/mol. The van der Waals surface area contributed by atoms with Gasteiger partial charge in [-0.25, -0.2) is 4.98 Å². The summed E-state index contributed by atoms with van der Waals surface area (Å²) in [5, 5.41) is 0. The summed E-state index contributed by atoms with van der Waals surface area (Å²) >= 11 is 0. The van der Waals surface area contributed by atoms with Crippen LogP contribution in [-0.2, 0) is 4.79 Å². The van der Waals surface area contributed by atoms with E-state index in [1.165, 1.54) is 24.0 Å².